The van der Waals surface area contributed by atoms with Crippen molar-refractivity contribution in [3.8, 4) is 11.5 Å². The Hall–Kier alpha value is -4.58. The fraction of sp³-hybridized carbons (Fsp3) is 0.400. The molecule has 0 unspecified atom stereocenters. The molecular weight excluding hydrogens is 540 g/mol. The average molecular weight is 579 g/mol. The molecule has 3 atom stereocenters. The number of rotatable bonds is 8. The predicted molar refractivity (Wildman–Crippen MR) is 158 cm³/mol. The summed E-state index contributed by atoms with van der Waals surface area (Å²) < 4.78 is 13.2. The number of methoxy groups -OCH3 is 1. The van der Waals surface area contributed by atoms with Gasteiger partial charge < -0.3 is 35.0 Å². The zero-order valence-electron chi connectivity index (χ0n) is 24.7. The molecule has 1 aliphatic heterocycles. The maximum absolute atomic E-state index is 13.7. The zero-order valence-corrected chi connectivity index (χ0v) is 24.7. The minimum absolute atomic E-state index is 0.182. The fourth-order valence-corrected chi connectivity index (χ4v) is 4.82. The molecule has 0 aliphatic carbocycles. The van der Waals surface area contributed by atoms with E-state index in [2.05, 4.69) is 15.7 Å². The summed E-state index contributed by atoms with van der Waals surface area (Å²) in [5, 5.41) is 19.9. The highest BCUT2D eigenvalue weighted by atomic mass is 16.5. The van der Waals surface area contributed by atoms with Gasteiger partial charge in [-0.05, 0) is 56.3 Å². The zero-order chi connectivity index (χ0) is 30.6. The fourth-order valence-electron chi connectivity index (χ4n) is 4.82. The van der Waals surface area contributed by atoms with Crippen LogP contribution >= 0.6 is 0 Å². The third-order valence-corrected chi connectivity index (χ3v) is 7.32. The molecule has 3 aromatic rings. The number of carbonyl (C=O) groups excluding carboxylic acids is 3. The van der Waals surface area contributed by atoms with Gasteiger partial charge in [0.05, 0.1) is 43.2 Å². The second kappa shape index (κ2) is 12.9. The lowest BCUT2D eigenvalue weighted by atomic mass is 9.99. The van der Waals surface area contributed by atoms with Gasteiger partial charge in [0.25, 0.3) is 11.8 Å². The molecule has 2 aromatic carbocycles. The first-order valence-corrected chi connectivity index (χ1v) is 13.7. The van der Waals surface area contributed by atoms with E-state index in [9.17, 15) is 19.5 Å². The average Bonchev–Trinajstić information content (AvgIpc) is 3.32. The molecule has 42 heavy (non-hydrogen) atoms. The van der Waals surface area contributed by atoms with Gasteiger partial charge in [0.15, 0.2) is 5.75 Å². The number of aliphatic hydroxyl groups is 1. The molecule has 12 heteroatoms. The lowest BCUT2D eigenvalue weighted by Crippen LogP contribution is -2.50. The third-order valence-electron chi connectivity index (χ3n) is 7.32. The van der Waals surface area contributed by atoms with Crippen LogP contribution in [-0.4, -0.2) is 88.5 Å². The number of fused-ring (bicyclic) bond motifs is 1. The number of anilines is 2. The second-order valence-corrected chi connectivity index (χ2v) is 10.6. The van der Waals surface area contributed by atoms with Gasteiger partial charge in [0.2, 0.25) is 0 Å². The highest BCUT2D eigenvalue weighted by molar-refractivity contribution is 6.06. The molecule has 4 rings (SSSR count). The number of nitrogens with zero attached hydrogens (tertiary/aromatic N) is 4. The molecule has 0 saturated heterocycles. The first kappa shape index (κ1) is 30.4. The number of benzene rings is 2. The van der Waals surface area contributed by atoms with Crippen molar-refractivity contribution >= 4 is 29.2 Å². The van der Waals surface area contributed by atoms with Gasteiger partial charge >= 0.3 is 6.03 Å². The molecule has 0 fully saturated rings. The summed E-state index contributed by atoms with van der Waals surface area (Å²) in [6.07, 6.45) is -0.561. The number of aryl methyl sites for hydroxylation is 2. The number of urea groups is 1. The molecule has 3 N–H and O–H groups in total. The number of para-hydroxylation sites is 1. The van der Waals surface area contributed by atoms with Crippen molar-refractivity contribution in [3.63, 3.8) is 0 Å². The summed E-state index contributed by atoms with van der Waals surface area (Å²) in [5.41, 5.74) is 2.20. The van der Waals surface area contributed by atoms with Crippen molar-refractivity contribution in [3.05, 3.63) is 65.5 Å². The number of ether oxygens (including phenoxy) is 2. The highest BCUT2D eigenvalue weighted by Crippen LogP contribution is 2.35. The van der Waals surface area contributed by atoms with E-state index in [0.29, 0.717) is 35.1 Å². The van der Waals surface area contributed by atoms with Gasteiger partial charge in [-0.3, -0.25) is 14.3 Å². The second-order valence-electron chi connectivity index (χ2n) is 10.6. The normalized spacial score (nSPS) is 17.3. The summed E-state index contributed by atoms with van der Waals surface area (Å²) in [6.45, 7) is 5.74. The van der Waals surface area contributed by atoms with E-state index in [0.717, 1.165) is 0 Å². The summed E-state index contributed by atoms with van der Waals surface area (Å²) in [4.78, 5) is 43.1. The van der Waals surface area contributed by atoms with E-state index in [-0.39, 0.29) is 42.3 Å². The van der Waals surface area contributed by atoms with Crippen LogP contribution < -0.4 is 20.1 Å². The Bertz CT molecular complexity index is 1440. The number of aliphatic hydroxyl groups excluding tert-OH is 1. The Morgan fingerprint density at radius 2 is 1.93 bits per heavy atom. The van der Waals surface area contributed by atoms with Gasteiger partial charge in [0, 0.05) is 32.2 Å². The molecule has 1 aliphatic rings. The lowest BCUT2D eigenvalue weighted by molar-refractivity contribution is 0.0372. The largest absolute Gasteiger partial charge is 0.497 e. The number of likely N-dealkylation sites (N-methyl/N-ethyl adjacent to an activating group) is 1. The number of amides is 4. The standard InChI is InChI=1S/C30H38N6O6/c1-18-15-36(20(3)17-37)29(39)23-8-7-9-24(32-28(38)25-14-19(2)33-35(25)5)27(23)42-26(18)16-34(4)30(40)31-21-10-12-22(41-6)13-11-21/h7-14,18,20,26,37H,15-17H2,1-6H3,(H,31,40)(H,32,38)/t18-,20-,26+/m0/s1. The molecule has 0 radical (unpaired) electrons. The van der Waals surface area contributed by atoms with Crippen LogP contribution in [0.5, 0.6) is 11.5 Å². The Kier molecular flexibility index (Phi) is 9.36. The van der Waals surface area contributed by atoms with Crippen LogP contribution in [-0.2, 0) is 7.05 Å². The Labute approximate surface area is 245 Å². The number of hydrogen-bond donors (Lipinski definition) is 3. The smallest absolute Gasteiger partial charge is 0.321 e. The SMILES string of the molecule is COc1ccc(NC(=O)N(C)C[C@H]2Oc3c(NC(=O)c4cc(C)nn4C)cccc3C(=O)N([C@@H](C)CO)C[C@@H]2C)cc1. The molecule has 12 nitrogen and oxygen atoms in total. The summed E-state index contributed by atoms with van der Waals surface area (Å²) >= 11 is 0. The van der Waals surface area contributed by atoms with E-state index < -0.39 is 18.1 Å². The lowest BCUT2D eigenvalue weighted by Gasteiger charge is -2.38. The van der Waals surface area contributed by atoms with Crippen molar-refractivity contribution in [1.29, 1.82) is 0 Å². The van der Waals surface area contributed by atoms with Gasteiger partial charge in [-0.2, -0.15) is 5.10 Å². The molecule has 0 saturated carbocycles. The Morgan fingerprint density at radius 1 is 1.21 bits per heavy atom. The minimum Gasteiger partial charge on any atom is -0.497 e. The van der Waals surface area contributed by atoms with E-state index in [4.69, 9.17) is 9.47 Å². The van der Waals surface area contributed by atoms with Crippen LogP contribution in [0.2, 0.25) is 0 Å². The van der Waals surface area contributed by atoms with E-state index in [1.54, 1.807) is 88.5 Å². The maximum atomic E-state index is 13.7. The first-order chi connectivity index (χ1) is 20.0. The maximum Gasteiger partial charge on any atom is 0.321 e. The van der Waals surface area contributed by atoms with Gasteiger partial charge in [-0.1, -0.05) is 13.0 Å². The van der Waals surface area contributed by atoms with Crippen LogP contribution in [0.15, 0.2) is 48.5 Å². The monoisotopic (exact) mass is 578 g/mol. The number of aromatic nitrogens is 2. The van der Waals surface area contributed by atoms with Crippen LogP contribution in [0, 0.1) is 12.8 Å². The quantitative estimate of drug-likeness (QED) is 0.373. The summed E-state index contributed by atoms with van der Waals surface area (Å²) in [5.74, 6) is -0.101. The summed E-state index contributed by atoms with van der Waals surface area (Å²) in [7, 11) is 4.91. The molecule has 0 spiro atoms. The molecular formula is C30H38N6O6. The topological polar surface area (TPSA) is 138 Å². The van der Waals surface area contributed by atoms with E-state index in [1.165, 1.54) is 9.58 Å². The van der Waals surface area contributed by atoms with E-state index in [1.807, 2.05) is 6.92 Å². The van der Waals surface area contributed by atoms with Gasteiger partial charge in [-0.25, -0.2) is 4.79 Å². The summed E-state index contributed by atoms with van der Waals surface area (Å²) in [6, 6.07) is 12.8. The van der Waals surface area contributed by atoms with Crippen molar-refractivity contribution in [1.82, 2.24) is 19.6 Å². The third kappa shape index (κ3) is 6.65. The predicted octanol–water partition coefficient (Wildman–Crippen LogP) is 3.37. The van der Waals surface area contributed by atoms with Crippen molar-refractivity contribution < 1.29 is 29.0 Å². The van der Waals surface area contributed by atoms with Crippen LogP contribution in [0.25, 0.3) is 0 Å². The van der Waals surface area contributed by atoms with Gasteiger partial charge in [-0.15, -0.1) is 0 Å². The van der Waals surface area contributed by atoms with Crippen molar-refractivity contribution in [2.24, 2.45) is 13.0 Å². The Morgan fingerprint density at radius 3 is 2.55 bits per heavy atom. The highest BCUT2D eigenvalue weighted by Gasteiger charge is 2.35. The van der Waals surface area contributed by atoms with Crippen LogP contribution in [0.3, 0.4) is 0 Å². The number of nitrogens with one attached hydrogen (secondary N) is 2. The van der Waals surface area contributed by atoms with Crippen molar-refractivity contribution in [2.45, 2.75) is 32.9 Å². The number of carbonyl (C=O) groups is 3. The molecule has 4 amide bonds. The number of hydrogen-bond acceptors (Lipinski definition) is 7. The van der Waals surface area contributed by atoms with Crippen molar-refractivity contribution in [2.75, 3.05) is 44.5 Å². The van der Waals surface area contributed by atoms with E-state index >= 15 is 0 Å². The minimum atomic E-state index is -0.561. The Balaban J connectivity index is 1.64. The van der Waals surface area contributed by atoms with Gasteiger partial charge in [0.1, 0.15) is 17.5 Å². The molecule has 2 heterocycles. The molecule has 0 bridgehead atoms. The molecule has 224 valence electrons. The van der Waals surface area contributed by atoms with Crippen LogP contribution in [0.1, 0.15) is 40.4 Å². The molecule has 1 aromatic heterocycles. The van der Waals surface area contributed by atoms with Crippen LogP contribution in [0.4, 0.5) is 16.2 Å². The first-order valence-electron chi connectivity index (χ1n) is 13.7.